The van der Waals surface area contributed by atoms with Crippen LogP contribution in [0.1, 0.15) is 31.2 Å². The number of benzene rings is 1. The molecule has 1 rings (SSSR count). The lowest BCUT2D eigenvalue weighted by molar-refractivity contribution is -0.137. The number of para-hydroxylation sites is 1. The Labute approximate surface area is 118 Å². The first-order valence-electron chi connectivity index (χ1n) is 6.76. The Hall–Kier alpha value is -2.04. The molecule has 5 heteroatoms. The minimum Gasteiger partial charge on any atom is -0.493 e. The second kappa shape index (κ2) is 8.96. The summed E-state index contributed by atoms with van der Waals surface area (Å²) >= 11 is 0. The van der Waals surface area contributed by atoms with Gasteiger partial charge in [0.15, 0.2) is 0 Å². The van der Waals surface area contributed by atoms with E-state index in [0.717, 1.165) is 11.3 Å². The van der Waals surface area contributed by atoms with Crippen molar-refractivity contribution < 1.29 is 19.4 Å². The molecule has 0 bridgehead atoms. The maximum Gasteiger partial charge on any atom is 0.303 e. The second-order valence-corrected chi connectivity index (χ2v) is 4.56. The number of hydrogen-bond acceptors (Lipinski definition) is 3. The molecule has 0 heterocycles. The largest absolute Gasteiger partial charge is 0.493 e. The van der Waals surface area contributed by atoms with E-state index in [9.17, 15) is 9.59 Å². The summed E-state index contributed by atoms with van der Waals surface area (Å²) < 4.78 is 5.53. The molecule has 0 aliphatic carbocycles. The zero-order valence-electron chi connectivity index (χ0n) is 11.7. The number of aliphatic carboxylic acids is 1. The Balaban J connectivity index is 2.09. The van der Waals surface area contributed by atoms with Crippen molar-refractivity contribution in [2.75, 3.05) is 13.2 Å². The molecular weight excluding hydrogens is 258 g/mol. The lowest BCUT2D eigenvalue weighted by Gasteiger charge is -2.09. The number of hydrogen-bond donors (Lipinski definition) is 2. The first-order chi connectivity index (χ1) is 9.59. The van der Waals surface area contributed by atoms with Crippen molar-refractivity contribution in [3.63, 3.8) is 0 Å². The molecule has 0 aliphatic heterocycles. The molecule has 5 nitrogen and oxygen atoms in total. The summed E-state index contributed by atoms with van der Waals surface area (Å²) in [6, 6.07) is 7.66. The molecule has 1 amide bonds. The van der Waals surface area contributed by atoms with E-state index in [1.54, 1.807) is 0 Å². The average molecular weight is 279 g/mol. The van der Waals surface area contributed by atoms with E-state index in [4.69, 9.17) is 9.84 Å². The fourth-order valence-corrected chi connectivity index (χ4v) is 1.69. The van der Waals surface area contributed by atoms with Gasteiger partial charge in [-0.15, -0.1) is 0 Å². The minimum atomic E-state index is -0.803. The Morgan fingerprint density at radius 1 is 1.20 bits per heavy atom. The summed E-state index contributed by atoms with van der Waals surface area (Å²) in [5, 5.41) is 11.2. The summed E-state index contributed by atoms with van der Waals surface area (Å²) in [5.41, 5.74) is 1.04. The van der Waals surface area contributed by atoms with Crippen molar-refractivity contribution in [2.24, 2.45) is 0 Å². The fraction of sp³-hybridized carbons (Fsp3) is 0.467. The van der Waals surface area contributed by atoms with Gasteiger partial charge in [-0.05, 0) is 31.4 Å². The molecule has 110 valence electrons. The molecule has 0 fully saturated rings. The van der Waals surface area contributed by atoms with Crippen molar-refractivity contribution in [1.29, 1.82) is 0 Å². The van der Waals surface area contributed by atoms with E-state index in [2.05, 4.69) is 5.32 Å². The summed E-state index contributed by atoms with van der Waals surface area (Å²) in [5.74, 6) is -0.0846. The molecule has 1 aromatic rings. The van der Waals surface area contributed by atoms with Crippen LogP contribution in [0, 0.1) is 6.92 Å². The molecule has 20 heavy (non-hydrogen) atoms. The number of unbranched alkanes of at least 4 members (excludes halogenated alkanes) is 1. The fourth-order valence-electron chi connectivity index (χ4n) is 1.69. The van der Waals surface area contributed by atoms with Crippen LogP contribution in [0.5, 0.6) is 5.75 Å². The molecule has 0 aromatic heterocycles. The Kier molecular flexibility index (Phi) is 7.17. The monoisotopic (exact) mass is 279 g/mol. The minimum absolute atomic E-state index is 0.0751. The SMILES string of the molecule is Cc1ccccc1OCCC(=O)NCCCCC(=O)O. The van der Waals surface area contributed by atoms with Crippen molar-refractivity contribution in [2.45, 2.75) is 32.6 Å². The topological polar surface area (TPSA) is 75.6 Å². The number of aryl methyl sites for hydroxylation is 1. The van der Waals surface area contributed by atoms with Gasteiger partial charge < -0.3 is 15.2 Å². The maximum atomic E-state index is 11.5. The molecule has 0 spiro atoms. The van der Waals surface area contributed by atoms with Crippen LogP contribution in [-0.4, -0.2) is 30.1 Å². The molecule has 0 atom stereocenters. The van der Waals surface area contributed by atoms with Crippen molar-refractivity contribution >= 4 is 11.9 Å². The van der Waals surface area contributed by atoms with E-state index in [1.165, 1.54) is 0 Å². The third kappa shape index (κ3) is 6.78. The summed E-state index contributed by atoms with van der Waals surface area (Å²) in [6.45, 7) is 2.81. The van der Waals surface area contributed by atoms with Crippen molar-refractivity contribution in [1.82, 2.24) is 5.32 Å². The van der Waals surface area contributed by atoms with E-state index < -0.39 is 5.97 Å². The van der Waals surface area contributed by atoms with E-state index in [-0.39, 0.29) is 12.3 Å². The Morgan fingerprint density at radius 2 is 1.95 bits per heavy atom. The molecule has 0 radical (unpaired) electrons. The first kappa shape index (κ1) is 16.0. The van der Waals surface area contributed by atoms with E-state index >= 15 is 0 Å². The number of carboxylic acids is 1. The van der Waals surface area contributed by atoms with E-state index in [0.29, 0.717) is 32.4 Å². The lowest BCUT2D eigenvalue weighted by atomic mass is 10.2. The highest BCUT2D eigenvalue weighted by Gasteiger charge is 2.03. The average Bonchev–Trinajstić information content (AvgIpc) is 2.40. The number of carbonyl (C=O) groups excluding carboxylic acids is 1. The van der Waals surface area contributed by atoms with Gasteiger partial charge in [-0.2, -0.15) is 0 Å². The highest BCUT2D eigenvalue weighted by atomic mass is 16.5. The van der Waals surface area contributed by atoms with Gasteiger partial charge in [0.05, 0.1) is 13.0 Å². The predicted molar refractivity (Wildman–Crippen MR) is 75.8 cm³/mol. The molecule has 1 aromatic carbocycles. The van der Waals surface area contributed by atoms with Crippen LogP contribution in [0.2, 0.25) is 0 Å². The first-order valence-corrected chi connectivity index (χ1v) is 6.76. The van der Waals surface area contributed by atoms with Gasteiger partial charge in [0.2, 0.25) is 5.91 Å². The quantitative estimate of drug-likeness (QED) is 0.679. The molecular formula is C15H21NO4. The molecule has 0 aliphatic rings. The maximum absolute atomic E-state index is 11.5. The number of carbonyl (C=O) groups is 2. The number of rotatable bonds is 9. The molecule has 2 N–H and O–H groups in total. The van der Waals surface area contributed by atoms with Crippen LogP contribution in [0.15, 0.2) is 24.3 Å². The third-order valence-corrected chi connectivity index (χ3v) is 2.82. The van der Waals surface area contributed by atoms with Gasteiger partial charge >= 0.3 is 5.97 Å². The number of carboxylic acid groups (broad SMARTS) is 1. The molecule has 0 saturated heterocycles. The van der Waals surface area contributed by atoms with Crippen molar-refractivity contribution in [3.8, 4) is 5.75 Å². The van der Waals surface area contributed by atoms with Gasteiger partial charge in [0.25, 0.3) is 0 Å². The van der Waals surface area contributed by atoms with Gasteiger partial charge in [-0.1, -0.05) is 18.2 Å². The van der Waals surface area contributed by atoms with E-state index in [1.807, 2.05) is 31.2 Å². The predicted octanol–water partition coefficient (Wildman–Crippen LogP) is 2.14. The van der Waals surface area contributed by atoms with Crippen LogP contribution < -0.4 is 10.1 Å². The summed E-state index contributed by atoms with van der Waals surface area (Å²) in [7, 11) is 0. The van der Waals surface area contributed by atoms with Crippen LogP contribution in [0.4, 0.5) is 0 Å². The standard InChI is InChI=1S/C15H21NO4/c1-12-6-2-3-7-13(12)20-11-9-14(17)16-10-5-4-8-15(18)19/h2-3,6-7H,4-5,8-11H2,1H3,(H,16,17)(H,18,19). The van der Waals surface area contributed by atoms with Crippen LogP contribution >= 0.6 is 0 Å². The zero-order valence-corrected chi connectivity index (χ0v) is 11.7. The summed E-state index contributed by atoms with van der Waals surface area (Å²) in [6.07, 6.45) is 1.70. The third-order valence-electron chi connectivity index (χ3n) is 2.82. The smallest absolute Gasteiger partial charge is 0.303 e. The normalized spacial score (nSPS) is 10.1. The number of amides is 1. The van der Waals surface area contributed by atoms with Crippen molar-refractivity contribution in [3.05, 3.63) is 29.8 Å². The highest BCUT2D eigenvalue weighted by Crippen LogP contribution is 2.15. The van der Waals surface area contributed by atoms with Gasteiger partial charge in [0.1, 0.15) is 5.75 Å². The zero-order chi connectivity index (χ0) is 14.8. The van der Waals surface area contributed by atoms with Gasteiger partial charge in [-0.3, -0.25) is 9.59 Å². The Bertz CT molecular complexity index is 445. The number of ether oxygens (including phenoxy) is 1. The Morgan fingerprint density at radius 3 is 2.65 bits per heavy atom. The lowest BCUT2D eigenvalue weighted by Crippen LogP contribution is -2.26. The highest BCUT2D eigenvalue weighted by molar-refractivity contribution is 5.75. The molecule has 0 saturated carbocycles. The van der Waals surface area contributed by atoms with Gasteiger partial charge in [-0.25, -0.2) is 0 Å². The summed E-state index contributed by atoms with van der Waals surface area (Å²) in [4.78, 5) is 21.8. The van der Waals surface area contributed by atoms with Crippen LogP contribution in [0.3, 0.4) is 0 Å². The van der Waals surface area contributed by atoms with Crippen LogP contribution in [-0.2, 0) is 9.59 Å². The second-order valence-electron chi connectivity index (χ2n) is 4.56. The van der Waals surface area contributed by atoms with Crippen LogP contribution in [0.25, 0.3) is 0 Å². The van der Waals surface area contributed by atoms with Gasteiger partial charge in [0, 0.05) is 13.0 Å². The molecule has 0 unspecified atom stereocenters. The number of nitrogens with one attached hydrogen (secondary N) is 1.